The number of fused-ring (bicyclic) bond motifs is 1. The lowest BCUT2D eigenvalue weighted by Gasteiger charge is -2.40. The number of rotatable bonds is 8. The van der Waals surface area contributed by atoms with E-state index in [-0.39, 0.29) is 37.0 Å². The van der Waals surface area contributed by atoms with Crippen molar-refractivity contribution in [1.29, 1.82) is 0 Å². The van der Waals surface area contributed by atoms with Crippen LogP contribution in [0.5, 0.6) is 0 Å². The fourth-order valence-electron chi connectivity index (χ4n) is 5.61. The average molecular weight is 562 g/mol. The molecule has 8 nitrogen and oxygen atoms in total. The van der Waals surface area contributed by atoms with Gasteiger partial charge < -0.3 is 15.2 Å². The van der Waals surface area contributed by atoms with Gasteiger partial charge in [0.2, 0.25) is 5.91 Å². The Hall–Kier alpha value is -2.67. The number of nitrogens with one attached hydrogen (secondary N) is 1. The van der Waals surface area contributed by atoms with Crippen molar-refractivity contribution in [2.75, 3.05) is 12.4 Å². The van der Waals surface area contributed by atoms with Gasteiger partial charge in [-0.05, 0) is 63.3 Å². The Kier molecular flexibility index (Phi) is 7.07. The molecule has 2 aromatic heterocycles. The number of thiazole rings is 1. The molecule has 0 radical (unpaired) electrons. The number of ether oxygens (including phenoxy) is 1. The molecule has 3 aromatic rings. The first-order chi connectivity index (χ1) is 18.7. The number of amides is 1. The molecule has 0 aliphatic heterocycles. The summed E-state index contributed by atoms with van der Waals surface area (Å²) in [6.45, 7) is 0.256. The zero-order chi connectivity index (χ0) is 27.3. The first kappa shape index (κ1) is 26.5. The van der Waals surface area contributed by atoms with Crippen LogP contribution in [0.3, 0.4) is 0 Å². The quantitative estimate of drug-likeness (QED) is 0.408. The van der Waals surface area contributed by atoms with Crippen LogP contribution in [0.1, 0.15) is 44.3 Å². The van der Waals surface area contributed by atoms with E-state index < -0.39 is 24.2 Å². The zero-order valence-electron chi connectivity index (χ0n) is 21.4. The SMILES string of the molecule is CN(C1CC(C(=O)Nc2nc3ccc(-c4cnc(CO[C@H]5CCC[C@@H]5O)nc4)cc3s2)C1)[C@@H]1C[C@H]1C(F)(F)F. The molecular weight excluding hydrogens is 531 g/mol. The molecule has 1 aromatic carbocycles. The molecular formula is C27H30F3N5O3S. The molecule has 0 unspecified atom stereocenters. The largest absolute Gasteiger partial charge is 0.393 e. The number of anilines is 1. The molecule has 1 amide bonds. The van der Waals surface area contributed by atoms with E-state index in [0.717, 1.165) is 40.6 Å². The number of hydrogen-bond donors (Lipinski definition) is 2. The molecule has 2 N–H and O–H groups in total. The summed E-state index contributed by atoms with van der Waals surface area (Å²) < 4.78 is 45.3. The summed E-state index contributed by atoms with van der Waals surface area (Å²) in [7, 11) is 1.73. The highest BCUT2D eigenvalue weighted by Gasteiger charge is 2.59. The standard InChI is InChI=1S/C27H30F3N5O3S/c1-35(20-10-18(20)27(28,29)30)17-7-15(8-17)25(37)34-26-33-19-6-5-14(9-23(19)39-26)16-11-31-24(32-12-16)13-38-22-4-2-3-21(22)36/h5-6,9,11-12,15,17-18,20-22,36H,2-4,7-8,10,13H2,1H3,(H,33,34,37)/t15?,17?,18-,20-,21+,22+/m1/s1. The second-order valence-corrected chi connectivity index (χ2v) is 11.9. The number of aliphatic hydroxyl groups is 1. The van der Waals surface area contributed by atoms with Gasteiger partial charge in [0.25, 0.3) is 0 Å². The van der Waals surface area contributed by atoms with Crippen molar-refractivity contribution in [3.05, 3.63) is 36.4 Å². The van der Waals surface area contributed by atoms with E-state index in [1.54, 1.807) is 24.3 Å². The van der Waals surface area contributed by atoms with E-state index in [0.29, 0.717) is 23.8 Å². The Morgan fingerprint density at radius 1 is 1.18 bits per heavy atom. The Bertz CT molecular complexity index is 1340. The minimum absolute atomic E-state index is 0.00509. The van der Waals surface area contributed by atoms with Crippen molar-refractivity contribution in [1.82, 2.24) is 19.9 Å². The normalized spacial score (nSPS) is 28.6. The summed E-state index contributed by atoms with van der Waals surface area (Å²) in [4.78, 5) is 27.9. The number of aromatic nitrogens is 3. The van der Waals surface area contributed by atoms with Gasteiger partial charge in [-0.3, -0.25) is 9.69 Å². The van der Waals surface area contributed by atoms with Crippen molar-refractivity contribution in [2.24, 2.45) is 11.8 Å². The van der Waals surface area contributed by atoms with Crippen LogP contribution in [0.4, 0.5) is 18.3 Å². The molecule has 0 saturated heterocycles. The van der Waals surface area contributed by atoms with Crippen LogP contribution in [-0.4, -0.2) is 68.4 Å². The van der Waals surface area contributed by atoms with E-state index in [1.807, 2.05) is 18.2 Å². The molecule has 3 aliphatic carbocycles. The fourth-order valence-corrected chi connectivity index (χ4v) is 6.52. The van der Waals surface area contributed by atoms with E-state index in [9.17, 15) is 23.1 Å². The van der Waals surface area contributed by atoms with Crippen LogP contribution in [0.2, 0.25) is 0 Å². The molecule has 2 heterocycles. The van der Waals surface area contributed by atoms with Gasteiger partial charge in [0, 0.05) is 36.0 Å². The van der Waals surface area contributed by atoms with Gasteiger partial charge in [-0.15, -0.1) is 0 Å². The lowest BCUT2D eigenvalue weighted by atomic mass is 9.78. The van der Waals surface area contributed by atoms with E-state index in [1.165, 1.54) is 11.3 Å². The highest BCUT2D eigenvalue weighted by atomic mass is 32.1. The zero-order valence-corrected chi connectivity index (χ0v) is 22.2. The summed E-state index contributed by atoms with van der Waals surface area (Å²) in [5, 5.41) is 13.3. The molecule has 39 heavy (non-hydrogen) atoms. The summed E-state index contributed by atoms with van der Waals surface area (Å²) in [6, 6.07) is 5.34. The molecule has 4 atom stereocenters. The molecule has 6 rings (SSSR count). The van der Waals surface area contributed by atoms with E-state index >= 15 is 0 Å². The highest BCUT2D eigenvalue weighted by molar-refractivity contribution is 7.22. The number of hydrogen-bond acceptors (Lipinski definition) is 8. The molecule has 208 valence electrons. The molecule has 0 bridgehead atoms. The Labute approximate surface area is 227 Å². The second kappa shape index (κ2) is 10.4. The predicted octanol–water partition coefficient (Wildman–Crippen LogP) is 4.78. The number of benzene rings is 1. The van der Waals surface area contributed by atoms with Crippen molar-refractivity contribution in [2.45, 2.75) is 75.6 Å². The molecule has 3 fully saturated rings. The third-order valence-corrected chi connectivity index (χ3v) is 9.20. The molecule has 3 aliphatic rings. The van der Waals surface area contributed by atoms with Crippen LogP contribution < -0.4 is 5.32 Å². The van der Waals surface area contributed by atoms with Crippen molar-refractivity contribution >= 4 is 32.6 Å². The Morgan fingerprint density at radius 2 is 1.95 bits per heavy atom. The predicted molar refractivity (Wildman–Crippen MR) is 140 cm³/mol. The number of halogens is 3. The van der Waals surface area contributed by atoms with Crippen molar-refractivity contribution in [3.63, 3.8) is 0 Å². The number of carbonyl (C=O) groups is 1. The average Bonchev–Trinajstić information content (AvgIpc) is 3.45. The lowest BCUT2D eigenvalue weighted by molar-refractivity contribution is -0.153. The van der Waals surface area contributed by atoms with Gasteiger partial charge in [0.1, 0.15) is 6.61 Å². The van der Waals surface area contributed by atoms with Gasteiger partial charge in [-0.2, -0.15) is 13.2 Å². The first-order valence-corrected chi connectivity index (χ1v) is 14.1. The smallest absolute Gasteiger partial charge is 0.390 e. The monoisotopic (exact) mass is 561 g/mol. The van der Waals surface area contributed by atoms with Gasteiger partial charge in [0.15, 0.2) is 11.0 Å². The Morgan fingerprint density at radius 3 is 2.62 bits per heavy atom. The highest BCUT2D eigenvalue weighted by Crippen LogP contribution is 2.49. The molecule has 3 saturated carbocycles. The van der Waals surface area contributed by atoms with Crippen LogP contribution in [0.25, 0.3) is 21.3 Å². The van der Waals surface area contributed by atoms with Crippen LogP contribution in [-0.2, 0) is 16.1 Å². The van der Waals surface area contributed by atoms with Crippen LogP contribution >= 0.6 is 11.3 Å². The first-order valence-electron chi connectivity index (χ1n) is 13.3. The van der Waals surface area contributed by atoms with Crippen molar-refractivity contribution in [3.8, 4) is 11.1 Å². The number of aliphatic hydroxyl groups excluding tert-OH is 1. The van der Waals surface area contributed by atoms with Gasteiger partial charge >= 0.3 is 6.18 Å². The fraction of sp³-hybridized carbons (Fsp3) is 0.556. The van der Waals surface area contributed by atoms with E-state index in [2.05, 4.69) is 20.3 Å². The maximum absolute atomic E-state index is 12.9. The minimum Gasteiger partial charge on any atom is -0.390 e. The van der Waals surface area contributed by atoms with Crippen LogP contribution in [0.15, 0.2) is 30.6 Å². The second-order valence-electron chi connectivity index (χ2n) is 10.9. The summed E-state index contributed by atoms with van der Waals surface area (Å²) in [5.74, 6) is -1.04. The third kappa shape index (κ3) is 5.65. The maximum Gasteiger partial charge on any atom is 0.393 e. The number of nitrogens with zero attached hydrogens (tertiary/aromatic N) is 4. The Balaban J connectivity index is 1.03. The minimum atomic E-state index is -4.14. The van der Waals surface area contributed by atoms with Crippen LogP contribution in [0, 0.1) is 11.8 Å². The third-order valence-electron chi connectivity index (χ3n) is 8.26. The lowest BCUT2D eigenvalue weighted by Crippen LogP contribution is -2.48. The summed E-state index contributed by atoms with van der Waals surface area (Å²) in [6.07, 6.45) is 2.61. The van der Waals surface area contributed by atoms with Gasteiger partial charge in [-0.25, -0.2) is 15.0 Å². The van der Waals surface area contributed by atoms with E-state index in [4.69, 9.17) is 4.74 Å². The summed E-state index contributed by atoms with van der Waals surface area (Å²) >= 11 is 1.37. The molecule has 12 heteroatoms. The summed E-state index contributed by atoms with van der Waals surface area (Å²) in [5.41, 5.74) is 2.52. The maximum atomic E-state index is 12.9. The van der Waals surface area contributed by atoms with Gasteiger partial charge in [-0.1, -0.05) is 17.4 Å². The molecule has 0 spiro atoms. The topological polar surface area (TPSA) is 100 Å². The van der Waals surface area contributed by atoms with Crippen molar-refractivity contribution < 1.29 is 27.8 Å². The number of carbonyl (C=O) groups excluding carboxylic acids is 1. The number of alkyl halides is 3. The van der Waals surface area contributed by atoms with Gasteiger partial charge in [0.05, 0.1) is 28.3 Å².